The molecule has 0 aliphatic heterocycles. The molecular weight excluding hydrogens is 243 g/mol. The molecule has 17 heavy (non-hydrogen) atoms. The number of ether oxygens (including phenoxy) is 1. The molecule has 0 aliphatic carbocycles. The highest BCUT2D eigenvalue weighted by molar-refractivity contribution is 6.28. The van der Waals surface area contributed by atoms with Gasteiger partial charge in [0, 0.05) is 11.8 Å². The Bertz CT molecular complexity index is 560. The normalized spacial score (nSPS) is 10.4. The molecule has 2 rings (SSSR count). The van der Waals surface area contributed by atoms with Crippen LogP contribution in [0.4, 0.5) is 4.39 Å². The minimum Gasteiger partial charge on any atom is -0.438 e. The van der Waals surface area contributed by atoms with E-state index in [1.165, 1.54) is 12.1 Å². The standard InChI is InChI=1S/C12H10ClFN2O/c1-7-5-9(14)3-4-10(7)17-11-8(2)6-15-12(13)16-11/h3-6H,1-2H3. The second kappa shape index (κ2) is 4.67. The van der Waals surface area contributed by atoms with E-state index >= 15 is 0 Å². The summed E-state index contributed by atoms with van der Waals surface area (Å²) < 4.78 is 18.5. The van der Waals surface area contributed by atoms with Crippen molar-refractivity contribution >= 4 is 11.6 Å². The number of aromatic nitrogens is 2. The third-order valence-electron chi connectivity index (χ3n) is 2.24. The van der Waals surface area contributed by atoms with Gasteiger partial charge in [-0.3, -0.25) is 0 Å². The maximum Gasteiger partial charge on any atom is 0.226 e. The zero-order valence-electron chi connectivity index (χ0n) is 9.37. The van der Waals surface area contributed by atoms with Crippen LogP contribution < -0.4 is 4.74 Å². The number of nitrogens with zero attached hydrogens (tertiary/aromatic N) is 2. The van der Waals surface area contributed by atoms with Crippen molar-refractivity contribution in [3.05, 3.63) is 46.6 Å². The summed E-state index contributed by atoms with van der Waals surface area (Å²) in [5, 5.41) is 0.116. The SMILES string of the molecule is Cc1cc(F)ccc1Oc1nc(Cl)ncc1C. The first-order valence-electron chi connectivity index (χ1n) is 4.99. The van der Waals surface area contributed by atoms with Crippen molar-refractivity contribution < 1.29 is 9.13 Å². The predicted octanol–water partition coefficient (Wildman–Crippen LogP) is 3.68. The van der Waals surface area contributed by atoms with Crippen LogP contribution in [0.1, 0.15) is 11.1 Å². The van der Waals surface area contributed by atoms with Crippen molar-refractivity contribution in [2.75, 3.05) is 0 Å². The average Bonchev–Trinajstić information content (AvgIpc) is 2.27. The first-order chi connectivity index (χ1) is 8.06. The zero-order valence-corrected chi connectivity index (χ0v) is 10.1. The Morgan fingerprint density at radius 2 is 2.00 bits per heavy atom. The highest BCUT2D eigenvalue weighted by Crippen LogP contribution is 2.26. The van der Waals surface area contributed by atoms with Crippen molar-refractivity contribution in [3.8, 4) is 11.6 Å². The summed E-state index contributed by atoms with van der Waals surface area (Å²) in [6, 6.07) is 4.29. The summed E-state index contributed by atoms with van der Waals surface area (Å²) in [6.07, 6.45) is 1.57. The molecule has 2 aromatic rings. The minimum atomic E-state index is -0.299. The second-order valence-electron chi connectivity index (χ2n) is 3.64. The van der Waals surface area contributed by atoms with Gasteiger partial charge < -0.3 is 4.74 Å². The Labute approximate surface area is 103 Å². The lowest BCUT2D eigenvalue weighted by Gasteiger charge is -2.09. The molecule has 88 valence electrons. The topological polar surface area (TPSA) is 35.0 Å². The maximum atomic E-state index is 12.9. The summed E-state index contributed by atoms with van der Waals surface area (Å²) in [6.45, 7) is 3.57. The van der Waals surface area contributed by atoms with Crippen LogP contribution in [0.15, 0.2) is 24.4 Å². The molecule has 0 unspecified atom stereocenters. The summed E-state index contributed by atoms with van der Waals surface area (Å²) in [5.41, 5.74) is 1.46. The van der Waals surface area contributed by atoms with E-state index in [-0.39, 0.29) is 11.1 Å². The molecule has 3 nitrogen and oxygen atoms in total. The van der Waals surface area contributed by atoms with Crippen LogP contribution in [0.5, 0.6) is 11.6 Å². The van der Waals surface area contributed by atoms with Crippen molar-refractivity contribution in [1.82, 2.24) is 9.97 Å². The third-order valence-corrected chi connectivity index (χ3v) is 2.42. The fraction of sp³-hybridized carbons (Fsp3) is 0.167. The minimum absolute atomic E-state index is 0.116. The quantitative estimate of drug-likeness (QED) is 0.765. The molecule has 1 aromatic carbocycles. The van der Waals surface area contributed by atoms with E-state index < -0.39 is 0 Å². The van der Waals surface area contributed by atoms with Gasteiger partial charge in [0.05, 0.1) is 0 Å². The van der Waals surface area contributed by atoms with Gasteiger partial charge >= 0.3 is 0 Å². The predicted molar refractivity (Wildman–Crippen MR) is 63.0 cm³/mol. The molecule has 1 aromatic heterocycles. The highest BCUT2D eigenvalue weighted by Gasteiger charge is 2.07. The van der Waals surface area contributed by atoms with Gasteiger partial charge in [0.1, 0.15) is 11.6 Å². The number of aryl methyl sites for hydroxylation is 2. The van der Waals surface area contributed by atoms with E-state index in [1.807, 2.05) is 6.92 Å². The van der Waals surface area contributed by atoms with Crippen LogP contribution in [0.2, 0.25) is 5.28 Å². The van der Waals surface area contributed by atoms with Gasteiger partial charge in [-0.05, 0) is 49.2 Å². The molecule has 0 bridgehead atoms. The fourth-order valence-electron chi connectivity index (χ4n) is 1.34. The van der Waals surface area contributed by atoms with Crippen molar-refractivity contribution in [3.63, 3.8) is 0 Å². The van der Waals surface area contributed by atoms with E-state index in [0.29, 0.717) is 17.2 Å². The van der Waals surface area contributed by atoms with Crippen LogP contribution in [-0.4, -0.2) is 9.97 Å². The molecule has 0 saturated heterocycles. The number of halogens is 2. The second-order valence-corrected chi connectivity index (χ2v) is 3.98. The lowest BCUT2D eigenvalue weighted by molar-refractivity contribution is 0.452. The van der Waals surface area contributed by atoms with Crippen LogP contribution in [-0.2, 0) is 0 Å². The molecule has 5 heteroatoms. The van der Waals surface area contributed by atoms with Crippen molar-refractivity contribution in [1.29, 1.82) is 0 Å². The smallest absolute Gasteiger partial charge is 0.226 e. The molecule has 0 radical (unpaired) electrons. The summed E-state index contributed by atoms with van der Waals surface area (Å²) in [4.78, 5) is 7.80. The molecule has 0 atom stereocenters. The van der Waals surface area contributed by atoms with E-state index in [2.05, 4.69) is 9.97 Å². The van der Waals surface area contributed by atoms with Crippen molar-refractivity contribution in [2.24, 2.45) is 0 Å². The first-order valence-corrected chi connectivity index (χ1v) is 5.37. The average molecular weight is 253 g/mol. The van der Waals surface area contributed by atoms with Crippen LogP contribution >= 0.6 is 11.6 Å². The summed E-state index contributed by atoms with van der Waals surface area (Å²) in [5.74, 6) is 0.622. The third kappa shape index (κ3) is 2.71. The van der Waals surface area contributed by atoms with Gasteiger partial charge in [0.25, 0.3) is 0 Å². The molecule has 0 fully saturated rings. The molecule has 0 aliphatic rings. The van der Waals surface area contributed by atoms with Gasteiger partial charge in [-0.2, -0.15) is 4.98 Å². The van der Waals surface area contributed by atoms with Gasteiger partial charge in [0.15, 0.2) is 0 Å². The Balaban J connectivity index is 2.34. The summed E-state index contributed by atoms with van der Waals surface area (Å²) >= 11 is 5.69. The van der Waals surface area contributed by atoms with E-state index in [1.54, 1.807) is 19.2 Å². The first kappa shape index (κ1) is 11.8. The zero-order chi connectivity index (χ0) is 12.4. The lowest BCUT2D eigenvalue weighted by Crippen LogP contribution is -1.95. The van der Waals surface area contributed by atoms with E-state index in [0.717, 1.165) is 5.56 Å². The Hall–Kier alpha value is -1.68. The fourth-order valence-corrected chi connectivity index (χ4v) is 1.47. The molecular formula is C12H10ClFN2O. The van der Waals surface area contributed by atoms with Gasteiger partial charge in [-0.1, -0.05) is 0 Å². The Kier molecular flexibility index (Phi) is 3.24. The highest BCUT2D eigenvalue weighted by atomic mass is 35.5. The molecule has 0 saturated carbocycles. The van der Waals surface area contributed by atoms with Crippen LogP contribution in [0, 0.1) is 19.7 Å². The molecule has 1 heterocycles. The Morgan fingerprint density at radius 1 is 1.24 bits per heavy atom. The number of hydrogen-bond donors (Lipinski definition) is 0. The van der Waals surface area contributed by atoms with E-state index in [9.17, 15) is 4.39 Å². The van der Waals surface area contributed by atoms with Gasteiger partial charge in [-0.15, -0.1) is 0 Å². The van der Waals surface area contributed by atoms with E-state index in [4.69, 9.17) is 16.3 Å². The Morgan fingerprint density at radius 3 is 2.71 bits per heavy atom. The lowest BCUT2D eigenvalue weighted by atomic mass is 10.2. The van der Waals surface area contributed by atoms with Crippen molar-refractivity contribution in [2.45, 2.75) is 13.8 Å². The summed E-state index contributed by atoms with van der Waals surface area (Å²) in [7, 11) is 0. The number of rotatable bonds is 2. The van der Waals surface area contributed by atoms with Gasteiger partial charge in [0.2, 0.25) is 11.2 Å². The largest absolute Gasteiger partial charge is 0.438 e. The molecule has 0 amide bonds. The van der Waals surface area contributed by atoms with Crippen LogP contribution in [0.3, 0.4) is 0 Å². The molecule has 0 N–H and O–H groups in total. The van der Waals surface area contributed by atoms with Crippen LogP contribution in [0.25, 0.3) is 0 Å². The monoisotopic (exact) mass is 252 g/mol. The number of benzene rings is 1. The van der Waals surface area contributed by atoms with Gasteiger partial charge in [-0.25, -0.2) is 9.37 Å². The number of hydrogen-bond acceptors (Lipinski definition) is 3. The molecule has 0 spiro atoms. The maximum absolute atomic E-state index is 12.9.